The number of amides is 1. The second-order valence-corrected chi connectivity index (χ2v) is 5.66. The molecule has 0 spiro atoms. The molecule has 2 rings (SSSR count). The minimum atomic E-state index is -0.404. The van der Waals surface area contributed by atoms with E-state index in [1.54, 1.807) is 12.3 Å². The van der Waals surface area contributed by atoms with Gasteiger partial charge in [-0.3, -0.25) is 14.6 Å². The number of rotatable bonds is 7. The van der Waals surface area contributed by atoms with Gasteiger partial charge in [0, 0.05) is 12.6 Å². The highest BCUT2D eigenvalue weighted by molar-refractivity contribution is 5.90. The fraction of sp³-hybridized carbons (Fsp3) is 0.625. The van der Waals surface area contributed by atoms with Crippen molar-refractivity contribution in [2.45, 2.75) is 38.6 Å². The number of nitrogens with one attached hydrogen (secondary N) is 1. The van der Waals surface area contributed by atoms with E-state index >= 15 is 0 Å². The van der Waals surface area contributed by atoms with Gasteiger partial charge in [0.1, 0.15) is 0 Å². The van der Waals surface area contributed by atoms with E-state index in [-0.39, 0.29) is 24.8 Å². The van der Waals surface area contributed by atoms with Crippen molar-refractivity contribution in [3.63, 3.8) is 0 Å². The zero-order valence-corrected chi connectivity index (χ0v) is 13.4. The third-order valence-corrected chi connectivity index (χ3v) is 4.16. The molecule has 122 valence electrons. The molecule has 0 radical (unpaired) electrons. The molecule has 1 saturated carbocycles. The molecule has 2 aliphatic rings. The van der Waals surface area contributed by atoms with E-state index < -0.39 is 5.54 Å². The Kier molecular flexibility index (Phi) is 5.24. The maximum absolute atomic E-state index is 12.1. The minimum Gasteiger partial charge on any atom is -0.502 e. The number of ether oxygens (including phenoxy) is 2. The topological polar surface area (TPSA) is 67.9 Å². The molecule has 6 heteroatoms. The lowest BCUT2D eigenvalue weighted by atomic mass is 9.84. The number of hydrogen-bond donors (Lipinski definition) is 1. The summed E-state index contributed by atoms with van der Waals surface area (Å²) < 4.78 is 9.97. The van der Waals surface area contributed by atoms with Crippen molar-refractivity contribution in [1.82, 2.24) is 10.4 Å². The number of carbonyl (C=O) groups excluding carboxylic acids is 2. The number of nitrogens with zero attached hydrogens (tertiary/aromatic N) is 1. The largest absolute Gasteiger partial charge is 0.502 e. The van der Waals surface area contributed by atoms with E-state index in [4.69, 9.17) is 4.74 Å². The minimum absolute atomic E-state index is 0.137. The number of esters is 1. The zero-order chi connectivity index (χ0) is 16.2. The third kappa shape index (κ3) is 3.50. The Morgan fingerprint density at radius 2 is 2.27 bits per heavy atom. The van der Waals surface area contributed by atoms with Crippen molar-refractivity contribution < 1.29 is 19.1 Å². The van der Waals surface area contributed by atoms with Gasteiger partial charge in [-0.15, -0.1) is 0 Å². The highest BCUT2D eigenvalue weighted by Crippen LogP contribution is 2.45. The third-order valence-electron chi connectivity index (χ3n) is 4.16. The fourth-order valence-electron chi connectivity index (χ4n) is 2.73. The normalized spacial score (nSPS) is 25.3. The summed E-state index contributed by atoms with van der Waals surface area (Å²) >= 11 is 0. The van der Waals surface area contributed by atoms with Gasteiger partial charge in [0.05, 0.1) is 31.9 Å². The molecular weight excluding hydrogens is 284 g/mol. The lowest BCUT2D eigenvalue weighted by Gasteiger charge is -2.42. The average molecular weight is 308 g/mol. The summed E-state index contributed by atoms with van der Waals surface area (Å²) in [7, 11) is 1.34. The van der Waals surface area contributed by atoms with Crippen LogP contribution in [0, 0.1) is 5.92 Å². The molecule has 0 bridgehead atoms. The Balaban J connectivity index is 2.16. The van der Waals surface area contributed by atoms with Crippen LogP contribution in [0.4, 0.5) is 0 Å². The Bertz CT molecular complexity index is 496. The van der Waals surface area contributed by atoms with Crippen molar-refractivity contribution in [3.05, 3.63) is 24.0 Å². The first kappa shape index (κ1) is 16.5. The molecule has 1 heterocycles. The van der Waals surface area contributed by atoms with Crippen LogP contribution in [-0.4, -0.2) is 42.7 Å². The number of carbonyl (C=O) groups is 2. The maximum Gasteiger partial charge on any atom is 0.307 e. The van der Waals surface area contributed by atoms with Crippen LogP contribution < -0.4 is 5.43 Å². The van der Waals surface area contributed by atoms with Gasteiger partial charge in [-0.2, -0.15) is 0 Å². The number of hydrazine groups is 1. The first-order valence-electron chi connectivity index (χ1n) is 7.67. The van der Waals surface area contributed by atoms with Gasteiger partial charge in [0.2, 0.25) is 0 Å². The SMILES string of the molecule is CCO/C=C/[C@]1(C2CC2)NN(CCC(=O)OC)C(=O)C=C1C. The molecule has 1 amide bonds. The van der Waals surface area contributed by atoms with Gasteiger partial charge in [0.25, 0.3) is 5.91 Å². The van der Waals surface area contributed by atoms with Gasteiger partial charge >= 0.3 is 5.97 Å². The summed E-state index contributed by atoms with van der Waals surface area (Å²) in [6.07, 6.45) is 7.69. The summed E-state index contributed by atoms with van der Waals surface area (Å²) in [5.74, 6) is -0.0283. The van der Waals surface area contributed by atoms with Gasteiger partial charge in [-0.05, 0) is 44.3 Å². The van der Waals surface area contributed by atoms with Gasteiger partial charge in [-0.25, -0.2) is 5.43 Å². The molecule has 1 aliphatic heterocycles. The van der Waals surface area contributed by atoms with Crippen molar-refractivity contribution >= 4 is 11.9 Å². The number of hydrogen-bond acceptors (Lipinski definition) is 5. The van der Waals surface area contributed by atoms with Crippen LogP contribution >= 0.6 is 0 Å². The van der Waals surface area contributed by atoms with Crippen molar-refractivity contribution in [3.8, 4) is 0 Å². The van der Waals surface area contributed by atoms with Crippen molar-refractivity contribution in [2.24, 2.45) is 5.92 Å². The molecule has 0 aromatic rings. The Labute approximate surface area is 131 Å². The summed E-state index contributed by atoms with van der Waals surface area (Å²) in [6, 6.07) is 0. The van der Waals surface area contributed by atoms with Crippen LogP contribution in [-0.2, 0) is 19.1 Å². The molecule has 0 aromatic heterocycles. The molecule has 1 fully saturated rings. The van der Waals surface area contributed by atoms with E-state index in [1.807, 2.05) is 19.9 Å². The molecule has 1 atom stereocenters. The van der Waals surface area contributed by atoms with Gasteiger partial charge < -0.3 is 9.47 Å². The van der Waals surface area contributed by atoms with E-state index in [0.29, 0.717) is 12.5 Å². The first-order valence-corrected chi connectivity index (χ1v) is 7.67. The molecule has 0 saturated heterocycles. The van der Waals surface area contributed by atoms with Crippen LogP contribution in [0.15, 0.2) is 24.0 Å². The van der Waals surface area contributed by atoms with E-state index in [0.717, 1.165) is 18.4 Å². The van der Waals surface area contributed by atoms with Gasteiger partial charge in [-0.1, -0.05) is 0 Å². The molecule has 6 nitrogen and oxygen atoms in total. The van der Waals surface area contributed by atoms with Gasteiger partial charge in [0.15, 0.2) is 0 Å². The quantitative estimate of drug-likeness (QED) is 0.571. The first-order chi connectivity index (χ1) is 10.5. The predicted octanol–water partition coefficient (Wildman–Crippen LogP) is 1.54. The Morgan fingerprint density at radius 3 is 2.86 bits per heavy atom. The van der Waals surface area contributed by atoms with Crippen molar-refractivity contribution in [1.29, 1.82) is 0 Å². The van der Waals surface area contributed by atoms with Crippen LogP contribution in [0.2, 0.25) is 0 Å². The fourth-order valence-corrected chi connectivity index (χ4v) is 2.73. The van der Waals surface area contributed by atoms with E-state index in [9.17, 15) is 9.59 Å². The second kappa shape index (κ2) is 6.96. The predicted molar refractivity (Wildman–Crippen MR) is 81.5 cm³/mol. The molecule has 22 heavy (non-hydrogen) atoms. The number of methoxy groups -OCH3 is 1. The molecule has 0 aromatic carbocycles. The highest BCUT2D eigenvalue weighted by Gasteiger charge is 2.48. The van der Waals surface area contributed by atoms with E-state index in [1.165, 1.54) is 12.1 Å². The summed E-state index contributed by atoms with van der Waals surface area (Å²) in [5, 5.41) is 1.50. The molecule has 0 unspecified atom stereocenters. The van der Waals surface area contributed by atoms with Crippen LogP contribution in [0.5, 0.6) is 0 Å². The second-order valence-electron chi connectivity index (χ2n) is 5.66. The van der Waals surface area contributed by atoms with Crippen LogP contribution in [0.1, 0.15) is 33.1 Å². The van der Waals surface area contributed by atoms with Crippen LogP contribution in [0.3, 0.4) is 0 Å². The smallest absolute Gasteiger partial charge is 0.307 e. The Hall–Kier alpha value is -1.82. The summed E-state index contributed by atoms with van der Waals surface area (Å²) in [6.45, 7) is 4.77. The monoisotopic (exact) mass is 308 g/mol. The van der Waals surface area contributed by atoms with Crippen molar-refractivity contribution in [2.75, 3.05) is 20.3 Å². The Morgan fingerprint density at radius 1 is 1.55 bits per heavy atom. The lowest BCUT2D eigenvalue weighted by Crippen LogP contribution is -2.60. The average Bonchev–Trinajstić information content (AvgIpc) is 3.33. The summed E-state index contributed by atoms with van der Waals surface area (Å²) in [5.41, 5.74) is 3.88. The lowest BCUT2D eigenvalue weighted by molar-refractivity contribution is -0.142. The molecule has 1 N–H and O–H groups in total. The summed E-state index contributed by atoms with van der Waals surface area (Å²) in [4.78, 5) is 23.5. The van der Waals surface area contributed by atoms with Crippen LogP contribution in [0.25, 0.3) is 0 Å². The van der Waals surface area contributed by atoms with E-state index in [2.05, 4.69) is 10.2 Å². The molecule has 1 aliphatic carbocycles. The standard InChI is InChI=1S/C16H24N2O4/c1-4-22-10-8-16(13-5-6-13)12(2)11-14(19)18(17-16)9-7-15(20)21-3/h8,10-11,13,17H,4-7,9H2,1-3H3/b10-8+/t16-/m0/s1. The highest BCUT2D eigenvalue weighted by atomic mass is 16.5. The zero-order valence-electron chi connectivity index (χ0n) is 13.4. The molecular formula is C16H24N2O4. The maximum atomic E-state index is 12.1.